The van der Waals surface area contributed by atoms with Crippen LogP contribution in [0.15, 0.2) is 47.4 Å². The molecule has 3 rings (SSSR count). The Kier molecular flexibility index (Phi) is 5.82. The second kappa shape index (κ2) is 8.07. The number of hydrogen-bond acceptors (Lipinski definition) is 3. The van der Waals surface area contributed by atoms with Gasteiger partial charge in [0.05, 0.1) is 0 Å². The molecule has 4 heteroatoms. The molecule has 2 aromatic carbocycles. The Hall–Kier alpha value is -1.78. The first kappa shape index (κ1) is 18.0. The maximum absolute atomic E-state index is 12.4. The number of benzene rings is 2. The average molecular weight is 355 g/mol. The summed E-state index contributed by atoms with van der Waals surface area (Å²) in [6, 6.07) is 14.9. The predicted molar refractivity (Wildman–Crippen MR) is 105 cm³/mol. The van der Waals surface area contributed by atoms with Crippen molar-refractivity contribution in [1.29, 1.82) is 0 Å². The summed E-state index contributed by atoms with van der Waals surface area (Å²) in [5, 5.41) is 3.11. The molecule has 0 aliphatic carbocycles. The van der Waals surface area contributed by atoms with Crippen molar-refractivity contribution in [1.82, 2.24) is 10.2 Å². The summed E-state index contributed by atoms with van der Waals surface area (Å²) >= 11 is 1.79. The normalized spacial score (nSPS) is 17.2. The Labute approximate surface area is 154 Å². The highest BCUT2D eigenvalue weighted by Crippen LogP contribution is 2.23. The van der Waals surface area contributed by atoms with E-state index in [4.69, 9.17) is 0 Å². The van der Waals surface area contributed by atoms with E-state index in [0.29, 0.717) is 12.6 Å². The minimum Gasteiger partial charge on any atom is -0.350 e. The zero-order valence-electron chi connectivity index (χ0n) is 15.2. The Morgan fingerprint density at radius 2 is 1.96 bits per heavy atom. The first-order valence-electron chi connectivity index (χ1n) is 8.86. The lowest BCUT2D eigenvalue weighted by Crippen LogP contribution is -2.45. The van der Waals surface area contributed by atoms with Crippen molar-refractivity contribution in [3.63, 3.8) is 0 Å². The zero-order valence-corrected chi connectivity index (χ0v) is 16.0. The maximum atomic E-state index is 12.4. The molecular formula is C21H26N2OS. The summed E-state index contributed by atoms with van der Waals surface area (Å²) in [6.45, 7) is 5.89. The molecule has 1 aliphatic rings. The molecule has 0 bridgehead atoms. The largest absolute Gasteiger partial charge is 0.350 e. The minimum absolute atomic E-state index is 0.0103. The number of carbonyl (C=O) groups excluding carboxylic acids is 1. The SMILES string of the molecule is CCSc1ccc(C(=O)NC[C@@H]2Cc3ccc(C)cc3CN2C)cc1. The van der Waals surface area contributed by atoms with Gasteiger partial charge < -0.3 is 5.32 Å². The predicted octanol–water partition coefficient (Wildman–Crippen LogP) is 3.89. The second-order valence-electron chi connectivity index (χ2n) is 6.71. The molecule has 0 saturated heterocycles. The monoisotopic (exact) mass is 354 g/mol. The maximum Gasteiger partial charge on any atom is 0.251 e. The number of fused-ring (bicyclic) bond motifs is 1. The number of rotatable bonds is 5. The van der Waals surface area contributed by atoms with Gasteiger partial charge in [0.25, 0.3) is 5.91 Å². The number of amides is 1. The molecule has 3 nitrogen and oxygen atoms in total. The van der Waals surface area contributed by atoms with E-state index in [-0.39, 0.29) is 5.91 Å². The van der Waals surface area contributed by atoms with Crippen molar-refractivity contribution < 1.29 is 4.79 Å². The van der Waals surface area contributed by atoms with Crippen molar-refractivity contribution in [2.24, 2.45) is 0 Å². The third kappa shape index (κ3) is 4.44. The van der Waals surface area contributed by atoms with Crippen LogP contribution in [0.3, 0.4) is 0 Å². The molecule has 1 aliphatic heterocycles. The Morgan fingerprint density at radius 3 is 2.68 bits per heavy atom. The highest BCUT2D eigenvalue weighted by molar-refractivity contribution is 7.99. The van der Waals surface area contributed by atoms with Gasteiger partial charge in [-0.1, -0.05) is 30.7 Å². The Balaban J connectivity index is 1.59. The number of carbonyl (C=O) groups is 1. The molecule has 0 spiro atoms. The fourth-order valence-electron chi connectivity index (χ4n) is 3.32. The first-order valence-corrected chi connectivity index (χ1v) is 9.85. The van der Waals surface area contributed by atoms with Crippen LogP contribution in [0.1, 0.15) is 34.0 Å². The van der Waals surface area contributed by atoms with Gasteiger partial charge in [-0.2, -0.15) is 0 Å². The van der Waals surface area contributed by atoms with E-state index in [1.165, 1.54) is 21.6 Å². The molecule has 1 atom stereocenters. The van der Waals surface area contributed by atoms with Gasteiger partial charge in [0, 0.05) is 29.6 Å². The number of nitrogens with one attached hydrogen (secondary N) is 1. The number of aryl methyl sites for hydroxylation is 1. The van der Waals surface area contributed by atoms with Crippen LogP contribution in [0.4, 0.5) is 0 Å². The average Bonchev–Trinajstić information content (AvgIpc) is 2.60. The van der Waals surface area contributed by atoms with Crippen LogP contribution >= 0.6 is 11.8 Å². The van der Waals surface area contributed by atoms with E-state index in [0.717, 1.165) is 24.3 Å². The molecule has 1 N–H and O–H groups in total. The van der Waals surface area contributed by atoms with E-state index in [1.54, 1.807) is 11.8 Å². The highest BCUT2D eigenvalue weighted by Gasteiger charge is 2.23. The van der Waals surface area contributed by atoms with Gasteiger partial charge in [0.15, 0.2) is 0 Å². The number of thioether (sulfide) groups is 1. The van der Waals surface area contributed by atoms with Crippen LogP contribution in [-0.2, 0) is 13.0 Å². The molecule has 0 saturated carbocycles. The van der Waals surface area contributed by atoms with Crippen LogP contribution in [0.2, 0.25) is 0 Å². The van der Waals surface area contributed by atoms with Gasteiger partial charge in [0.2, 0.25) is 0 Å². The van der Waals surface area contributed by atoms with Crippen molar-refractivity contribution in [3.8, 4) is 0 Å². The lowest BCUT2D eigenvalue weighted by molar-refractivity contribution is 0.0934. The van der Waals surface area contributed by atoms with E-state index >= 15 is 0 Å². The molecule has 132 valence electrons. The lowest BCUT2D eigenvalue weighted by atomic mass is 9.93. The van der Waals surface area contributed by atoms with Gasteiger partial charge in [-0.05, 0) is 61.5 Å². The molecule has 2 aromatic rings. The molecule has 0 fully saturated rings. The highest BCUT2D eigenvalue weighted by atomic mass is 32.2. The van der Waals surface area contributed by atoms with Gasteiger partial charge in [0.1, 0.15) is 0 Å². The number of likely N-dealkylation sites (N-methyl/N-ethyl adjacent to an activating group) is 1. The van der Waals surface area contributed by atoms with Crippen molar-refractivity contribution in [3.05, 3.63) is 64.7 Å². The van der Waals surface area contributed by atoms with E-state index in [1.807, 2.05) is 24.3 Å². The molecule has 0 unspecified atom stereocenters. The minimum atomic E-state index is 0.0103. The zero-order chi connectivity index (χ0) is 17.8. The van der Waals surface area contributed by atoms with Gasteiger partial charge >= 0.3 is 0 Å². The summed E-state index contributed by atoms with van der Waals surface area (Å²) in [5.41, 5.74) is 4.86. The molecule has 0 radical (unpaired) electrons. The summed E-state index contributed by atoms with van der Waals surface area (Å²) in [6.07, 6.45) is 0.985. The van der Waals surface area contributed by atoms with Gasteiger partial charge in [-0.15, -0.1) is 11.8 Å². The third-order valence-corrected chi connectivity index (χ3v) is 5.68. The third-order valence-electron chi connectivity index (χ3n) is 4.79. The quantitative estimate of drug-likeness (QED) is 0.827. The molecule has 1 amide bonds. The summed E-state index contributed by atoms with van der Waals surface area (Å²) < 4.78 is 0. The van der Waals surface area contributed by atoms with Crippen LogP contribution in [0.25, 0.3) is 0 Å². The second-order valence-corrected chi connectivity index (χ2v) is 8.05. The number of hydrogen-bond donors (Lipinski definition) is 1. The summed E-state index contributed by atoms with van der Waals surface area (Å²) in [4.78, 5) is 16.0. The van der Waals surface area contributed by atoms with E-state index in [2.05, 4.69) is 49.3 Å². The van der Waals surface area contributed by atoms with Crippen LogP contribution in [0.5, 0.6) is 0 Å². The lowest BCUT2D eigenvalue weighted by Gasteiger charge is -2.34. The molecular weight excluding hydrogens is 328 g/mol. The van der Waals surface area contributed by atoms with E-state index in [9.17, 15) is 4.79 Å². The topological polar surface area (TPSA) is 32.3 Å². The van der Waals surface area contributed by atoms with Crippen LogP contribution in [0, 0.1) is 6.92 Å². The Bertz CT molecular complexity index is 742. The summed E-state index contributed by atoms with van der Waals surface area (Å²) in [5.74, 6) is 1.05. The molecule has 25 heavy (non-hydrogen) atoms. The molecule has 0 aromatic heterocycles. The van der Waals surface area contributed by atoms with Crippen LogP contribution in [-0.4, -0.2) is 36.2 Å². The standard InChI is InChI=1S/C21H26N2OS/c1-4-25-20-9-7-16(8-10-20)21(24)22-13-19-12-17-6-5-15(2)11-18(17)14-23(19)3/h5-11,19H,4,12-14H2,1-3H3,(H,22,24)/t19-/m0/s1. The summed E-state index contributed by atoms with van der Waals surface area (Å²) in [7, 11) is 2.14. The smallest absolute Gasteiger partial charge is 0.251 e. The number of nitrogens with zero attached hydrogens (tertiary/aromatic N) is 1. The van der Waals surface area contributed by atoms with Crippen molar-refractivity contribution >= 4 is 17.7 Å². The van der Waals surface area contributed by atoms with Crippen molar-refractivity contribution in [2.75, 3.05) is 19.3 Å². The van der Waals surface area contributed by atoms with E-state index < -0.39 is 0 Å². The van der Waals surface area contributed by atoms with Crippen molar-refractivity contribution in [2.45, 2.75) is 37.8 Å². The van der Waals surface area contributed by atoms with Crippen LogP contribution < -0.4 is 5.32 Å². The van der Waals surface area contributed by atoms with Gasteiger partial charge in [-0.3, -0.25) is 9.69 Å². The fourth-order valence-corrected chi connectivity index (χ4v) is 3.98. The first-order chi connectivity index (χ1) is 12.1. The Morgan fingerprint density at radius 1 is 1.20 bits per heavy atom. The molecule has 1 heterocycles. The van der Waals surface area contributed by atoms with Gasteiger partial charge in [-0.25, -0.2) is 0 Å². The fraction of sp³-hybridized carbons (Fsp3) is 0.381.